The van der Waals surface area contributed by atoms with E-state index in [1.54, 1.807) is 34.3 Å². The summed E-state index contributed by atoms with van der Waals surface area (Å²) in [5.74, 6) is -1.64. The van der Waals surface area contributed by atoms with Crippen molar-refractivity contribution in [1.82, 2.24) is 9.88 Å². The number of ether oxygens (including phenoxy) is 1. The van der Waals surface area contributed by atoms with Crippen LogP contribution in [0.3, 0.4) is 0 Å². The molecule has 1 aromatic carbocycles. The van der Waals surface area contributed by atoms with Crippen molar-refractivity contribution >= 4 is 23.4 Å². The number of nitrogens with two attached hydrogens (primary N) is 1. The van der Waals surface area contributed by atoms with Gasteiger partial charge in [0.2, 0.25) is 5.91 Å². The number of nitrogens with zero attached hydrogens (tertiary/aromatic N) is 3. The molecule has 1 aliphatic rings. The van der Waals surface area contributed by atoms with Gasteiger partial charge in [-0.1, -0.05) is 18.2 Å². The van der Waals surface area contributed by atoms with Crippen molar-refractivity contribution in [2.45, 2.75) is 19.6 Å². The molecule has 1 aliphatic heterocycles. The van der Waals surface area contributed by atoms with Gasteiger partial charge in [0.05, 0.1) is 12.2 Å². The molecule has 2 aromatic rings. The smallest absolute Gasteiger partial charge is 0.313 e. The van der Waals surface area contributed by atoms with Gasteiger partial charge in [0, 0.05) is 37.6 Å². The molecule has 0 atom stereocenters. The van der Waals surface area contributed by atoms with Crippen molar-refractivity contribution in [3.05, 3.63) is 59.7 Å². The molecule has 0 spiro atoms. The first-order chi connectivity index (χ1) is 13.9. The molecule has 9 heteroatoms. The highest BCUT2D eigenvalue weighted by molar-refractivity contribution is 5.94. The van der Waals surface area contributed by atoms with Gasteiger partial charge in [0.15, 0.2) is 5.82 Å². The van der Waals surface area contributed by atoms with Crippen LogP contribution in [0.4, 0.5) is 10.1 Å². The highest BCUT2D eigenvalue weighted by Gasteiger charge is 2.26. The number of esters is 1. The predicted octanol–water partition coefficient (Wildman–Crippen LogP) is 1.44. The number of aromatic nitrogens is 1. The molecule has 2 heterocycles. The van der Waals surface area contributed by atoms with Crippen LogP contribution in [0.2, 0.25) is 0 Å². The number of carbonyl (C=O) groups is 2. The van der Waals surface area contributed by atoms with Crippen molar-refractivity contribution in [2.75, 3.05) is 24.5 Å². The zero-order valence-corrected chi connectivity index (χ0v) is 15.8. The van der Waals surface area contributed by atoms with Crippen LogP contribution in [-0.2, 0) is 27.5 Å². The third-order valence-electron chi connectivity index (χ3n) is 4.54. The fourth-order valence-corrected chi connectivity index (χ4v) is 3.08. The minimum atomic E-state index is -0.693. The van der Waals surface area contributed by atoms with Gasteiger partial charge >= 0.3 is 5.97 Å². The largest absolute Gasteiger partial charge is 0.460 e. The van der Waals surface area contributed by atoms with Gasteiger partial charge in [-0.15, -0.1) is 0 Å². The summed E-state index contributed by atoms with van der Waals surface area (Å²) in [6.07, 6.45) is 3.06. The fourth-order valence-electron chi connectivity index (χ4n) is 3.08. The Morgan fingerprint density at radius 2 is 2.10 bits per heavy atom. The number of halogens is 1. The number of benzene rings is 1. The normalized spacial score (nSPS) is 14.0. The van der Waals surface area contributed by atoms with E-state index in [2.05, 4.69) is 4.98 Å². The van der Waals surface area contributed by atoms with E-state index in [-0.39, 0.29) is 36.9 Å². The number of amidine groups is 1. The van der Waals surface area contributed by atoms with Crippen LogP contribution in [0, 0.1) is 11.2 Å². The third-order valence-corrected chi connectivity index (χ3v) is 4.54. The molecular formula is C20H22FN5O3. The van der Waals surface area contributed by atoms with E-state index in [0.717, 1.165) is 5.56 Å². The highest BCUT2D eigenvalue weighted by Crippen LogP contribution is 2.25. The number of hydrogen-bond donors (Lipinski definition) is 2. The van der Waals surface area contributed by atoms with Gasteiger partial charge in [0.1, 0.15) is 18.9 Å². The number of anilines is 1. The van der Waals surface area contributed by atoms with Crippen molar-refractivity contribution < 1.29 is 18.7 Å². The van der Waals surface area contributed by atoms with E-state index in [1.807, 2.05) is 12.1 Å². The Morgan fingerprint density at radius 1 is 1.28 bits per heavy atom. The summed E-state index contributed by atoms with van der Waals surface area (Å²) in [6, 6.07) is 8.49. The summed E-state index contributed by atoms with van der Waals surface area (Å²) in [5, 5.41) is 7.08. The monoisotopic (exact) mass is 399 g/mol. The number of amides is 1. The molecule has 0 aliphatic carbocycles. The van der Waals surface area contributed by atoms with E-state index in [9.17, 15) is 14.0 Å². The van der Waals surface area contributed by atoms with Gasteiger partial charge < -0.3 is 20.3 Å². The summed E-state index contributed by atoms with van der Waals surface area (Å²) >= 11 is 0. The lowest BCUT2D eigenvalue weighted by atomic mass is 10.1. The van der Waals surface area contributed by atoms with Crippen LogP contribution < -0.4 is 10.6 Å². The van der Waals surface area contributed by atoms with Gasteiger partial charge in [-0.25, -0.2) is 4.39 Å². The Bertz CT molecular complexity index is 906. The first-order valence-corrected chi connectivity index (χ1v) is 9.11. The van der Waals surface area contributed by atoms with Gasteiger partial charge in [-0.2, -0.15) is 0 Å². The van der Waals surface area contributed by atoms with Crippen LogP contribution >= 0.6 is 0 Å². The molecule has 152 valence electrons. The molecule has 0 unspecified atom stereocenters. The van der Waals surface area contributed by atoms with Crippen molar-refractivity contribution in [3.63, 3.8) is 0 Å². The minimum absolute atomic E-state index is 0.0603. The predicted molar refractivity (Wildman–Crippen MR) is 105 cm³/mol. The molecule has 0 saturated carbocycles. The molecular weight excluding hydrogens is 377 g/mol. The summed E-state index contributed by atoms with van der Waals surface area (Å²) in [6.45, 7) is 1.21. The number of pyridine rings is 1. The second-order valence-electron chi connectivity index (χ2n) is 6.71. The van der Waals surface area contributed by atoms with E-state index in [4.69, 9.17) is 15.9 Å². The summed E-state index contributed by atoms with van der Waals surface area (Å²) < 4.78 is 19.9. The quantitative estimate of drug-likeness (QED) is 0.414. The lowest BCUT2D eigenvalue weighted by Gasteiger charge is -2.36. The maximum Gasteiger partial charge on any atom is 0.313 e. The topological polar surface area (TPSA) is 113 Å². The zero-order chi connectivity index (χ0) is 20.8. The Morgan fingerprint density at radius 3 is 2.79 bits per heavy atom. The number of rotatable bonds is 7. The van der Waals surface area contributed by atoms with Crippen molar-refractivity contribution in [1.29, 1.82) is 5.41 Å². The molecule has 1 saturated heterocycles. The van der Waals surface area contributed by atoms with Crippen LogP contribution in [0.1, 0.15) is 17.5 Å². The zero-order valence-electron chi connectivity index (χ0n) is 15.8. The minimum Gasteiger partial charge on any atom is -0.460 e. The molecule has 3 N–H and O–H groups in total. The Hall–Kier alpha value is -3.49. The number of carbonyl (C=O) groups excluding carboxylic acids is 2. The Labute approximate surface area is 167 Å². The number of hydrogen-bond acceptors (Lipinski definition) is 6. The van der Waals surface area contributed by atoms with Crippen LogP contribution in [0.15, 0.2) is 42.7 Å². The van der Waals surface area contributed by atoms with E-state index < -0.39 is 11.8 Å². The molecule has 1 fully saturated rings. The summed E-state index contributed by atoms with van der Waals surface area (Å²) in [5.41, 5.74) is 6.58. The lowest BCUT2D eigenvalue weighted by Crippen LogP contribution is -2.50. The SMILES string of the molecule is N=C(N)CC(=O)OCc1cccc(N2CCN(Cc3cccnc3)C(=O)C2)c1F. The molecule has 29 heavy (non-hydrogen) atoms. The van der Waals surface area contributed by atoms with Crippen LogP contribution in [-0.4, -0.2) is 47.2 Å². The lowest BCUT2D eigenvalue weighted by molar-refractivity contribution is -0.143. The van der Waals surface area contributed by atoms with Crippen molar-refractivity contribution in [2.24, 2.45) is 5.73 Å². The molecule has 3 rings (SSSR count). The first-order valence-electron chi connectivity index (χ1n) is 9.11. The van der Waals surface area contributed by atoms with E-state index in [0.29, 0.717) is 25.3 Å². The fraction of sp³-hybridized carbons (Fsp3) is 0.300. The van der Waals surface area contributed by atoms with Crippen LogP contribution in [0.5, 0.6) is 0 Å². The molecule has 0 radical (unpaired) electrons. The van der Waals surface area contributed by atoms with E-state index in [1.165, 1.54) is 6.07 Å². The highest BCUT2D eigenvalue weighted by atomic mass is 19.1. The maximum atomic E-state index is 14.9. The van der Waals surface area contributed by atoms with Gasteiger partial charge in [-0.05, 0) is 17.7 Å². The Kier molecular flexibility index (Phi) is 6.38. The van der Waals surface area contributed by atoms with Gasteiger partial charge in [-0.3, -0.25) is 20.0 Å². The second kappa shape index (κ2) is 9.13. The standard InChI is InChI=1S/C20H22FN5O3/c21-20-15(13-29-19(28)9-17(22)23)4-1-5-16(20)25-7-8-26(18(27)12-25)11-14-3-2-6-24-10-14/h1-6,10H,7-9,11-13H2,(H3,22,23). The molecule has 1 amide bonds. The number of nitrogens with one attached hydrogen (secondary N) is 1. The molecule has 1 aromatic heterocycles. The van der Waals surface area contributed by atoms with E-state index >= 15 is 0 Å². The first kappa shape index (κ1) is 20.2. The Balaban J connectivity index is 1.63. The van der Waals surface area contributed by atoms with Gasteiger partial charge in [0.25, 0.3) is 0 Å². The second-order valence-corrected chi connectivity index (χ2v) is 6.71. The average Bonchev–Trinajstić information content (AvgIpc) is 2.69. The number of piperazine rings is 1. The van der Waals surface area contributed by atoms with Crippen molar-refractivity contribution in [3.8, 4) is 0 Å². The summed E-state index contributed by atoms with van der Waals surface area (Å²) in [7, 11) is 0. The third kappa shape index (κ3) is 5.28. The maximum absolute atomic E-state index is 14.9. The summed E-state index contributed by atoms with van der Waals surface area (Å²) in [4.78, 5) is 31.5. The molecule has 8 nitrogen and oxygen atoms in total. The molecule has 0 bridgehead atoms. The van der Waals surface area contributed by atoms with Crippen LogP contribution in [0.25, 0.3) is 0 Å². The average molecular weight is 399 g/mol.